The Bertz CT molecular complexity index is 3680. The van der Waals surface area contributed by atoms with Gasteiger partial charge in [0.05, 0.1) is 49.2 Å². The minimum Gasteiger partial charge on any atom is -0.462 e. The van der Waals surface area contributed by atoms with E-state index in [1.165, 1.54) is 0 Å². The van der Waals surface area contributed by atoms with Crippen LogP contribution >= 0.6 is 0 Å². The summed E-state index contributed by atoms with van der Waals surface area (Å²) >= 11 is 0. The summed E-state index contributed by atoms with van der Waals surface area (Å²) in [6.45, 7) is -2.79. The summed E-state index contributed by atoms with van der Waals surface area (Å²) in [7, 11) is 0. The summed E-state index contributed by atoms with van der Waals surface area (Å²) in [5, 5.41) is 169. The molecule has 96 heavy (non-hydrogen) atoms. The van der Waals surface area contributed by atoms with E-state index in [2.05, 4.69) is 9.97 Å². The zero-order chi connectivity index (χ0) is 67.4. The van der Waals surface area contributed by atoms with E-state index < -0.39 is 149 Å². The number of benzene rings is 4. The van der Waals surface area contributed by atoms with E-state index in [1.807, 2.05) is 0 Å². The molecule has 28 nitrogen and oxygen atoms in total. The molecule has 6 aliphatic heterocycles. The van der Waals surface area contributed by atoms with E-state index in [0.717, 1.165) is 0 Å². The van der Waals surface area contributed by atoms with Crippen LogP contribution in [0.5, 0.6) is 23.0 Å². The van der Waals surface area contributed by atoms with Crippen molar-refractivity contribution in [2.24, 2.45) is 0 Å². The largest absolute Gasteiger partial charge is 0.462 e. The maximum absolute atomic E-state index is 11.1. The smallest absolute Gasteiger partial charge is 0.229 e. The number of aliphatic hydroxyl groups excluding tert-OH is 16. The third-order valence-electron chi connectivity index (χ3n) is 17.6. The van der Waals surface area contributed by atoms with Crippen molar-refractivity contribution in [1.29, 1.82) is 0 Å². The number of aliphatic hydroxyl groups is 16. The molecule has 9 heterocycles. The predicted octanol–water partition coefficient (Wildman–Crippen LogP) is 0.0384. The number of nitrogens with zero attached hydrogens (tertiary/aromatic N) is 2. The number of nitrogens with one attached hydrogen (secondary N) is 2. The molecule has 13 rings (SSSR count). The van der Waals surface area contributed by atoms with Crippen molar-refractivity contribution in [1.82, 2.24) is 19.9 Å². The summed E-state index contributed by atoms with van der Waals surface area (Å²) in [4.78, 5) is 17.9. The molecule has 7 aromatic rings. The molecule has 28 heteroatoms. The Labute approximate surface area is 544 Å². The number of fused-ring (bicyclic) bond motifs is 8. The first-order valence-electron chi connectivity index (χ1n) is 30.8. The van der Waals surface area contributed by atoms with Gasteiger partial charge >= 0.3 is 0 Å². The lowest BCUT2D eigenvalue weighted by Gasteiger charge is -2.39. The lowest BCUT2D eigenvalue weighted by molar-refractivity contribution is -0.277. The van der Waals surface area contributed by atoms with Crippen LogP contribution < -0.4 is 18.9 Å². The maximum atomic E-state index is 11.1. The molecule has 18 N–H and O–H groups in total. The number of aromatic nitrogens is 4. The fraction of sp³-hybridized carbons (Fsp3) is 0.353. The molecule has 6 aliphatic rings. The Balaban J connectivity index is 1.03. The van der Waals surface area contributed by atoms with Crippen LogP contribution in [0.15, 0.2) is 121 Å². The van der Waals surface area contributed by atoms with Gasteiger partial charge in [0, 0.05) is 44.3 Å². The van der Waals surface area contributed by atoms with Crippen LogP contribution in [-0.4, -0.2) is 251 Å². The van der Waals surface area contributed by atoms with Crippen molar-refractivity contribution >= 4 is 46.4 Å². The van der Waals surface area contributed by atoms with Gasteiger partial charge in [-0.1, -0.05) is 48.5 Å². The molecule has 506 valence electrons. The second kappa shape index (κ2) is 27.8. The highest BCUT2D eigenvalue weighted by Gasteiger charge is 2.48. The Kier molecular flexibility index (Phi) is 19.2. The molecule has 4 aromatic carbocycles. The second-order valence-corrected chi connectivity index (χ2v) is 23.9. The van der Waals surface area contributed by atoms with Gasteiger partial charge in [-0.3, -0.25) is 0 Å². The van der Waals surface area contributed by atoms with E-state index in [4.69, 9.17) is 47.9 Å². The fourth-order valence-electron chi connectivity index (χ4n) is 12.5. The zero-order valence-electron chi connectivity index (χ0n) is 50.5. The molecule has 20 atom stereocenters. The monoisotopic (exact) mass is 1330 g/mol. The summed E-state index contributed by atoms with van der Waals surface area (Å²) in [6, 6.07) is 33.9. The molecular weight excluding hydrogens is 1260 g/mol. The summed E-state index contributed by atoms with van der Waals surface area (Å²) in [6.07, 6.45) is -24.7. The molecule has 0 radical (unpaired) electrons. The fourth-order valence-corrected chi connectivity index (χ4v) is 12.5. The quantitative estimate of drug-likeness (QED) is 0.0607. The van der Waals surface area contributed by atoms with Gasteiger partial charge < -0.3 is 130 Å². The minimum atomic E-state index is -1.74. The van der Waals surface area contributed by atoms with Gasteiger partial charge in [-0.25, -0.2) is 9.97 Å². The van der Waals surface area contributed by atoms with Crippen LogP contribution in [0.3, 0.4) is 0 Å². The molecule has 4 saturated heterocycles. The molecule has 3 aromatic heterocycles. The topological polar surface area (TPSA) is 455 Å². The maximum Gasteiger partial charge on any atom is 0.229 e. The van der Waals surface area contributed by atoms with E-state index in [-0.39, 0.29) is 23.0 Å². The van der Waals surface area contributed by atoms with Gasteiger partial charge in [0.25, 0.3) is 0 Å². The molecule has 4 fully saturated rings. The highest BCUT2D eigenvalue weighted by atomic mass is 16.7. The summed E-state index contributed by atoms with van der Waals surface area (Å²) in [5.74, 6) is 0.528. The van der Waals surface area contributed by atoms with E-state index in [9.17, 15) is 81.7 Å². The van der Waals surface area contributed by atoms with Crippen molar-refractivity contribution in [3.63, 3.8) is 0 Å². The zero-order valence-corrected chi connectivity index (χ0v) is 50.5. The Morgan fingerprint density at radius 2 is 0.510 bits per heavy atom. The van der Waals surface area contributed by atoms with E-state index in [1.54, 1.807) is 146 Å². The van der Waals surface area contributed by atoms with Crippen molar-refractivity contribution in [2.45, 2.75) is 123 Å². The van der Waals surface area contributed by atoms with Crippen molar-refractivity contribution in [2.75, 3.05) is 26.4 Å². The van der Waals surface area contributed by atoms with Crippen LogP contribution in [0.1, 0.15) is 22.8 Å². The number of hydrogen-bond donors (Lipinski definition) is 18. The van der Waals surface area contributed by atoms with Gasteiger partial charge in [0.2, 0.25) is 25.2 Å². The number of rotatable bonds is 16. The van der Waals surface area contributed by atoms with Gasteiger partial charge in [-0.05, 0) is 119 Å². The lowest BCUT2D eigenvalue weighted by atomic mass is 9.99. The minimum absolute atomic E-state index is 0.132. The van der Waals surface area contributed by atoms with Crippen LogP contribution in [0.2, 0.25) is 0 Å². The van der Waals surface area contributed by atoms with Gasteiger partial charge in [-0.2, -0.15) is 0 Å². The summed E-state index contributed by atoms with van der Waals surface area (Å²) < 4.78 is 47.6. The highest BCUT2D eigenvalue weighted by molar-refractivity contribution is 6.00. The number of hydrogen-bond acceptors (Lipinski definition) is 26. The lowest BCUT2D eigenvalue weighted by Crippen LogP contribution is -2.60. The van der Waals surface area contributed by atoms with Gasteiger partial charge in [0.1, 0.15) is 121 Å². The molecule has 8 bridgehead atoms. The Hall–Kier alpha value is -8.12. The second-order valence-electron chi connectivity index (χ2n) is 23.9. The first-order valence-corrected chi connectivity index (χ1v) is 30.8. The number of ether oxygens (including phenoxy) is 8. The predicted molar refractivity (Wildman–Crippen MR) is 338 cm³/mol. The molecule has 0 aliphatic carbocycles. The molecule has 0 amide bonds. The average Bonchev–Trinajstić information content (AvgIpc) is 1.62. The van der Waals surface area contributed by atoms with Crippen molar-refractivity contribution in [3.05, 3.63) is 144 Å². The third kappa shape index (κ3) is 12.8. The van der Waals surface area contributed by atoms with E-state index in [0.29, 0.717) is 89.4 Å². The average molecular weight is 1330 g/mol. The number of H-pyrrole nitrogens is 2. The first-order chi connectivity index (χ1) is 46.3. The highest BCUT2D eigenvalue weighted by Crippen LogP contribution is 2.42. The first kappa shape index (κ1) is 66.5. The normalized spacial score (nSPS) is 31.2. The molecule has 0 saturated carbocycles. The van der Waals surface area contributed by atoms with Crippen LogP contribution in [0.4, 0.5) is 0 Å². The van der Waals surface area contributed by atoms with Crippen LogP contribution in [-0.2, 0) is 18.9 Å². The Morgan fingerprint density at radius 3 is 0.719 bits per heavy atom. The van der Waals surface area contributed by atoms with Crippen LogP contribution in [0.25, 0.3) is 90.9 Å². The third-order valence-corrected chi connectivity index (χ3v) is 17.6. The van der Waals surface area contributed by atoms with E-state index >= 15 is 0 Å². The van der Waals surface area contributed by atoms with Crippen molar-refractivity contribution < 1.29 is 120 Å². The van der Waals surface area contributed by atoms with Crippen LogP contribution in [0, 0.1) is 0 Å². The summed E-state index contributed by atoms with van der Waals surface area (Å²) in [5.41, 5.74) is 7.20. The van der Waals surface area contributed by atoms with Gasteiger partial charge in [-0.15, -0.1) is 0 Å². The SMILES string of the molecule is OC[C@H]1O[C@@H](Oc2cccc(-c3c4nc(c(-c5cccc(O[C@@H]6O[C@H](CO)[C@@H](O)[C@H](O)[C@H]6O)c5)c5ccc([nH]5)c(-c5cccc(O[C@@H]6O[C@H](CO)[C@@H](O)[C@H](O)[C@H]6O)c5)c5nc(c(-c6cccc(O[C@@H]7O[C@H](CO)[C@@H](O)[C@H](O)[C@H]7O)c6)c6ccc3[nH]6)C=C5)C=C4)c2)[C@H](O)[C@@H](O)[C@@H]1O. The van der Waals surface area contributed by atoms with Gasteiger partial charge in [0.15, 0.2) is 0 Å². The molecule has 0 spiro atoms. The molecular formula is C68H70N4O24. The van der Waals surface area contributed by atoms with Crippen molar-refractivity contribution in [3.8, 4) is 67.5 Å². The molecule has 0 unspecified atom stereocenters. The Morgan fingerprint density at radius 1 is 0.292 bits per heavy atom. The number of aromatic amines is 2. The standard InChI is InChI=1S/C68H70N4O24/c73-25-45-53(77)57(81)61(85)65(93-45)89-33-9-1-5-29(21-33)49-37-13-15-39(69-37)50(30-6-2-10-34(22-30)90-66-62(86)58(82)54(78)46(26-74)94-66)41-17-19-43(71-41)52(32-8-4-12-36(24-32)92-68-64(88)60(84)56(80)48(28-76)96-68)44-20-18-42(72-44)51(40-16-14-38(49)70-40)31-7-3-11-35(23-31)91-67-63(87)59(83)55(79)47(27-75)95-67/h1-24,45-48,53-69,72-88H,25-28H2/t45-,46-,47-,48-,53-,54-,55-,56-,57+,58+,59+,60+,61-,62-,63-,64-,65-,66-,67-,68-/m1/s1.